The van der Waals surface area contributed by atoms with Gasteiger partial charge in [-0.1, -0.05) is 179 Å². The minimum atomic E-state index is -0.811. The number of carboxylic acid groups (broad SMARTS) is 1. The number of carbonyl (C=O) groups excluding carboxylic acids is 1. The number of carboxylic acids is 1. The van der Waals surface area contributed by atoms with E-state index in [1.807, 2.05) is 0 Å². The maximum absolute atomic E-state index is 12.5. The monoisotopic (exact) mass is 647 g/mol. The average Bonchev–Trinajstić information content (AvgIpc) is 3.04. The van der Waals surface area contributed by atoms with E-state index in [0.29, 0.717) is 12.8 Å². The van der Waals surface area contributed by atoms with Crippen molar-refractivity contribution in [3.8, 4) is 0 Å². The van der Waals surface area contributed by atoms with Crippen molar-refractivity contribution in [1.82, 2.24) is 0 Å². The molecule has 0 spiro atoms. The molecule has 0 rings (SSSR count). The van der Waals surface area contributed by atoms with Crippen LogP contribution in [0.15, 0.2) is 24.3 Å². The summed E-state index contributed by atoms with van der Waals surface area (Å²) in [5.41, 5.74) is 0. The number of aliphatic carboxylic acids is 1. The molecule has 0 aliphatic heterocycles. The number of allylic oxidation sites excluding steroid dienone is 4. The van der Waals surface area contributed by atoms with E-state index in [9.17, 15) is 9.59 Å². The zero-order chi connectivity index (χ0) is 33.6. The van der Waals surface area contributed by atoms with Crippen LogP contribution in [0.1, 0.15) is 226 Å². The highest BCUT2D eigenvalue weighted by Gasteiger charge is 2.16. The molecule has 0 bridgehead atoms. The molecule has 4 nitrogen and oxygen atoms in total. The molecule has 0 radical (unpaired) electrons. The van der Waals surface area contributed by atoms with Crippen molar-refractivity contribution in [2.24, 2.45) is 0 Å². The lowest BCUT2D eigenvalue weighted by atomic mass is 10.0. The summed E-state index contributed by atoms with van der Waals surface area (Å²) in [6.45, 7) is 4.53. The minimum Gasteiger partial charge on any atom is -0.481 e. The van der Waals surface area contributed by atoms with Crippen LogP contribution in [0.2, 0.25) is 0 Å². The van der Waals surface area contributed by atoms with Gasteiger partial charge in [0.15, 0.2) is 0 Å². The van der Waals surface area contributed by atoms with Crippen molar-refractivity contribution in [3.05, 3.63) is 24.3 Å². The van der Waals surface area contributed by atoms with E-state index in [4.69, 9.17) is 9.84 Å². The summed E-state index contributed by atoms with van der Waals surface area (Å²) < 4.78 is 5.74. The van der Waals surface area contributed by atoms with Crippen LogP contribution in [-0.4, -0.2) is 23.1 Å². The molecule has 0 saturated heterocycles. The highest BCUT2D eigenvalue weighted by atomic mass is 16.5. The number of ether oxygens (including phenoxy) is 1. The first kappa shape index (κ1) is 44.4. The topological polar surface area (TPSA) is 63.6 Å². The SMILES string of the molecule is CCCCC/C=C\C/C=C\CCCCCCCCCC(=O)OC(CCCCCCCCCCCCCCCCCC)CCC(=O)O. The van der Waals surface area contributed by atoms with Crippen molar-refractivity contribution in [1.29, 1.82) is 0 Å². The molecule has 1 unspecified atom stereocenters. The van der Waals surface area contributed by atoms with E-state index < -0.39 is 5.97 Å². The lowest BCUT2D eigenvalue weighted by Gasteiger charge is -2.17. The van der Waals surface area contributed by atoms with Gasteiger partial charge in [-0.05, 0) is 57.8 Å². The highest BCUT2D eigenvalue weighted by molar-refractivity contribution is 5.69. The Morgan fingerprint density at radius 3 is 1.35 bits per heavy atom. The second-order valence-electron chi connectivity index (χ2n) is 13.8. The maximum Gasteiger partial charge on any atom is 0.306 e. The Balaban J connectivity index is 3.72. The molecule has 0 amide bonds. The minimum absolute atomic E-state index is 0.0722. The maximum atomic E-state index is 12.5. The number of carbonyl (C=O) groups is 2. The predicted octanol–water partition coefficient (Wildman–Crippen LogP) is 14.0. The van der Waals surface area contributed by atoms with Gasteiger partial charge >= 0.3 is 11.9 Å². The van der Waals surface area contributed by atoms with E-state index in [2.05, 4.69) is 38.2 Å². The number of rotatable bonds is 37. The van der Waals surface area contributed by atoms with Crippen LogP contribution in [0.5, 0.6) is 0 Å². The molecule has 0 fully saturated rings. The molecule has 1 atom stereocenters. The molecule has 0 aliphatic rings. The molecule has 0 saturated carbocycles. The Labute approximate surface area is 287 Å². The normalized spacial score (nSPS) is 12.4. The fraction of sp³-hybridized carbons (Fsp3) is 0.857. The summed E-state index contributed by atoms with van der Waals surface area (Å²) in [5.74, 6) is -0.955. The molecule has 0 aromatic carbocycles. The molecule has 0 aromatic heterocycles. The van der Waals surface area contributed by atoms with Crippen LogP contribution >= 0.6 is 0 Å². The summed E-state index contributed by atoms with van der Waals surface area (Å²) in [7, 11) is 0. The smallest absolute Gasteiger partial charge is 0.306 e. The van der Waals surface area contributed by atoms with Crippen molar-refractivity contribution >= 4 is 11.9 Å². The molecule has 4 heteroatoms. The van der Waals surface area contributed by atoms with E-state index in [1.165, 1.54) is 154 Å². The first-order valence-corrected chi connectivity index (χ1v) is 20.3. The Morgan fingerprint density at radius 2 is 0.870 bits per heavy atom. The molecular weight excluding hydrogens is 568 g/mol. The summed E-state index contributed by atoms with van der Waals surface area (Å²) in [4.78, 5) is 23.6. The third-order valence-corrected chi connectivity index (χ3v) is 9.19. The number of unbranched alkanes of at least 4 members (excludes halogenated alkanes) is 25. The van der Waals surface area contributed by atoms with Crippen molar-refractivity contribution in [2.45, 2.75) is 232 Å². The van der Waals surface area contributed by atoms with E-state index in [1.54, 1.807) is 0 Å². The van der Waals surface area contributed by atoms with Gasteiger partial charge in [0, 0.05) is 12.8 Å². The number of hydrogen-bond donors (Lipinski definition) is 1. The second kappa shape index (κ2) is 37.9. The lowest BCUT2D eigenvalue weighted by molar-refractivity contribution is -0.151. The molecule has 0 aromatic rings. The molecule has 46 heavy (non-hydrogen) atoms. The summed E-state index contributed by atoms with van der Waals surface area (Å²) in [6.07, 6.45) is 47.7. The van der Waals surface area contributed by atoms with E-state index >= 15 is 0 Å². The van der Waals surface area contributed by atoms with Gasteiger partial charge in [0.2, 0.25) is 0 Å². The van der Waals surface area contributed by atoms with Crippen LogP contribution in [0.25, 0.3) is 0 Å². The van der Waals surface area contributed by atoms with E-state index in [0.717, 1.165) is 38.5 Å². The van der Waals surface area contributed by atoms with Crippen molar-refractivity contribution in [2.75, 3.05) is 0 Å². The van der Waals surface area contributed by atoms with Crippen LogP contribution in [-0.2, 0) is 14.3 Å². The van der Waals surface area contributed by atoms with Gasteiger partial charge in [-0.3, -0.25) is 9.59 Å². The van der Waals surface area contributed by atoms with Gasteiger partial charge < -0.3 is 9.84 Å². The van der Waals surface area contributed by atoms with Crippen molar-refractivity contribution < 1.29 is 19.4 Å². The van der Waals surface area contributed by atoms with Gasteiger partial charge in [0.1, 0.15) is 6.10 Å². The van der Waals surface area contributed by atoms with Crippen LogP contribution in [0, 0.1) is 0 Å². The number of hydrogen-bond acceptors (Lipinski definition) is 3. The van der Waals surface area contributed by atoms with E-state index in [-0.39, 0.29) is 18.5 Å². The zero-order valence-electron chi connectivity index (χ0n) is 30.9. The standard InChI is InChI=1S/C42H78O4/c1-3-5-7-9-11-13-15-17-19-21-23-25-27-29-31-33-35-37-42(45)46-40(38-39-41(43)44)36-34-32-30-28-26-24-22-20-18-16-14-12-10-8-6-4-2/h11,13,17,19,40H,3-10,12,14-16,18,20-39H2,1-2H3,(H,43,44)/b13-11-,19-17-. The number of esters is 1. The Morgan fingerprint density at radius 1 is 0.478 bits per heavy atom. The zero-order valence-corrected chi connectivity index (χ0v) is 30.9. The van der Waals surface area contributed by atoms with Gasteiger partial charge in [0.25, 0.3) is 0 Å². The molecular formula is C42H78O4. The van der Waals surface area contributed by atoms with Gasteiger partial charge in [-0.2, -0.15) is 0 Å². The van der Waals surface area contributed by atoms with Gasteiger partial charge in [0.05, 0.1) is 0 Å². The summed E-state index contributed by atoms with van der Waals surface area (Å²) in [6, 6.07) is 0. The fourth-order valence-corrected chi connectivity index (χ4v) is 6.15. The summed E-state index contributed by atoms with van der Waals surface area (Å²) >= 11 is 0. The van der Waals surface area contributed by atoms with Crippen LogP contribution in [0.4, 0.5) is 0 Å². The van der Waals surface area contributed by atoms with Crippen LogP contribution < -0.4 is 0 Å². The quantitative estimate of drug-likeness (QED) is 0.0414. The Hall–Kier alpha value is -1.58. The average molecular weight is 647 g/mol. The highest BCUT2D eigenvalue weighted by Crippen LogP contribution is 2.18. The molecule has 1 N–H and O–H groups in total. The van der Waals surface area contributed by atoms with Crippen LogP contribution in [0.3, 0.4) is 0 Å². The molecule has 0 aliphatic carbocycles. The lowest BCUT2D eigenvalue weighted by Crippen LogP contribution is -2.19. The first-order chi connectivity index (χ1) is 22.6. The second-order valence-corrected chi connectivity index (χ2v) is 13.8. The molecule has 0 heterocycles. The largest absolute Gasteiger partial charge is 0.481 e. The summed E-state index contributed by atoms with van der Waals surface area (Å²) in [5, 5.41) is 9.13. The predicted molar refractivity (Wildman–Crippen MR) is 200 cm³/mol. The first-order valence-electron chi connectivity index (χ1n) is 20.3. The van der Waals surface area contributed by atoms with Gasteiger partial charge in [-0.15, -0.1) is 0 Å². The van der Waals surface area contributed by atoms with Gasteiger partial charge in [-0.25, -0.2) is 0 Å². The van der Waals surface area contributed by atoms with Crippen molar-refractivity contribution in [3.63, 3.8) is 0 Å². The third-order valence-electron chi connectivity index (χ3n) is 9.19. The third kappa shape index (κ3) is 36.9. The Kier molecular flexibility index (Phi) is 36.6. The molecule has 270 valence electrons. The Bertz CT molecular complexity index is 698. The fourth-order valence-electron chi connectivity index (χ4n) is 6.15.